The number of anilines is 1. The summed E-state index contributed by atoms with van der Waals surface area (Å²) in [6, 6.07) is 6.18. The molecule has 2 aliphatic heterocycles. The summed E-state index contributed by atoms with van der Waals surface area (Å²) in [5, 5.41) is 4.28. The number of nitrogens with zero attached hydrogens (tertiary/aromatic N) is 5. The summed E-state index contributed by atoms with van der Waals surface area (Å²) < 4.78 is 1.95. The topological polar surface area (TPSA) is 54.3 Å². The predicted octanol–water partition coefficient (Wildman–Crippen LogP) is 2.92. The van der Waals surface area contributed by atoms with Crippen molar-refractivity contribution in [3.8, 4) is 0 Å². The number of hydrogen-bond acceptors (Lipinski definition) is 5. The minimum Gasteiger partial charge on any atom is -0.355 e. The summed E-state index contributed by atoms with van der Waals surface area (Å²) in [7, 11) is 0. The molecule has 2 aromatic heterocycles. The number of carbonyl (C=O) groups excluding carboxylic acids is 1. The Balaban J connectivity index is 1.41. The number of piperidine rings is 1. The number of likely N-dealkylation sites (tertiary alicyclic amines) is 1. The summed E-state index contributed by atoms with van der Waals surface area (Å²) in [6.07, 6.45) is 9.85. The average molecular weight is 386 g/mol. The number of aromatic nitrogens is 3. The van der Waals surface area contributed by atoms with Crippen molar-refractivity contribution < 1.29 is 4.79 Å². The standard InChI is InChI=1S/C20H27N5OS/c26-20(17-5-6-19(21-16-17)23-12-14-27-15-13-23)25-10-2-1-4-18(25)7-11-24-9-3-8-22-24/h3,5-6,8-9,16,18H,1-2,4,7,10-15H2/t18-/m1/s1. The van der Waals surface area contributed by atoms with Crippen molar-refractivity contribution in [3.05, 3.63) is 42.4 Å². The maximum absolute atomic E-state index is 13.1. The normalized spacial score (nSPS) is 20.7. The molecule has 0 saturated carbocycles. The molecule has 7 heteroatoms. The van der Waals surface area contributed by atoms with Crippen LogP contribution in [0.2, 0.25) is 0 Å². The fraction of sp³-hybridized carbons (Fsp3) is 0.550. The number of aryl methyl sites for hydroxylation is 1. The molecule has 27 heavy (non-hydrogen) atoms. The van der Waals surface area contributed by atoms with E-state index in [4.69, 9.17) is 0 Å². The van der Waals surface area contributed by atoms with Crippen molar-refractivity contribution in [2.45, 2.75) is 38.3 Å². The lowest BCUT2D eigenvalue weighted by Gasteiger charge is -2.36. The maximum Gasteiger partial charge on any atom is 0.255 e. The van der Waals surface area contributed by atoms with Gasteiger partial charge in [-0.25, -0.2) is 4.98 Å². The summed E-state index contributed by atoms with van der Waals surface area (Å²) >= 11 is 1.99. The fourth-order valence-corrected chi connectivity index (χ4v) is 4.84. The third kappa shape index (κ3) is 4.46. The van der Waals surface area contributed by atoms with E-state index in [0.717, 1.165) is 62.8 Å². The monoisotopic (exact) mass is 385 g/mol. The van der Waals surface area contributed by atoms with Crippen LogP contribution in [-0.4, -0.2) is 62.8 Å². The van der Waals surface area contributed by atoms with Gasteiger partial charge in [-0.15, -0.1) is 0 Å². The molecule has 2 aromatic rings. The van der Waals surface area contributed by atoms with Gasteiger partial charge in [0.2, 0.25) is 0 Å². The van der Waals surface area contributed by atoms with Gasteiger partial charge in [0, 0.05) is 62.3 Å². The molecule has 1 atom stereocenters. The smallest absolute Gasteiger partial charge is 0.255 e. The molecule has 0 aliphatic carbocycles. The lowest BCUT2D eigenvalue weighted by atomic mass is 9.98. The van der Waals surface area contributed by atoms with Crippen LogP contribution in [0.3, 0.4) is 0 Å². The van der Waals surface area contributed by atoms with E-state index in [9.17, 15) is 4.79 Å². The van der Waals surface area contributed by atoms with Crippen LogP contribution in [0.25, 0.3) is 0 Å². The van der Waals surface area contributed by atoms with Gasteiger partial charge in [-0.05, 0) is 43.9 Å². The first-order valence-electron chi connectivity index (χ1n) is 9.88. The minimum absolute atomic E-state index is 0.119. The van der Waals surface area contributed by atoms with E-state index in [-0.39, 0.29) is 11.9 Å². The van der Waals surface area contributed by atoms with E-state index in [2.05, 4.69) is 19.9 Å². The van der Waals surface area contributed by atoms with Gasteiger partial charge in [-0.3, -0.25) is 9.48 Å². The molecular weight excluding hydrogens is 358 g/mol. The summed E-state index contributed by atoms with van der Waals surface area (Å²) in [5.41, 5.74) is 0.705. The highest BCUT2D eigenvalue weighted by molar-refractivity contribution is 7.99. The third-order valence-electron chi connectivity index (χ3n) is 5.47. The first kappa shape index (κ1) is 18.3. The van der Waals surface area contributed by atoms with Gasteiger partial charge in [0.1, 0.15) is 5.82 Å². The van der Waals surface area contributed by atoms with Crippen molar-refractivity contribution >= 4 is 23.5 Å². The first-order chi connectivity index (χ1) is 13.3. The van der Waals surface area contributed by atoms with Crippen molar-refractivity contribution in [3.63, 3.8) is 0 Å². The lowest BCUT2D eigenvalue weighted by molar-refractivity contribution is 0.0593. The highest BCUT2D eigenvalue weighted by Gasteiger charge is 2.27. The molecule has 2 saturated heterocycles. The van der Waals surface area contributed by atoms with Crippen LogP contribution < -0.4 is 4.90 Å². The van der Waals surface area contributed by atoms with E-state index in [1.165, 1.54) is 6.42 Å². The number of thioether (sulfide) groups is 1. The Kier molecular flexibility index (Phi) is 5.97. The van der Waals surface area contributed by atoms with E-state index >= 15 is 0 Å². The average Bonchev–Trinajstić information content (AvgIpc) is 3.26. The quantitative estimate of drug-likeness (QED) is 0.792. The van der Waals surface area contributed by atoms with Crippen LogP contribution in [0.4, 0.5) is 5.82 Å². The van der Waals surface area contributed by atoms with Crippen LogP contribution in [0.5, 0.6) is 0 Å². The SMILES string of the molecule is O=C(c1ccc(N2CCSCC2)nc1)N1CCCC[C@@H]1CCn1cccn1. The maximum atomic E-state index is 13.1. The van der Waals surface area contributed by atoms with E-state index in [0.29, 0.717) is 5.56 Å². The van der Waals surface area contributed by atoms with E-state index < -0.39 is 0 Å². The number of pyridine rings is 1. The number of hydrogen-bond donors (Lipinski definition) is 0. The largest absolute Gasteiger partial charge is 0.355 e. The summed E-state index contributed by atoms with van der Waals surface area (Å²) in [6.45, 7) is 3.76. The zero-order valence-electron chi connectivity index (χ0n) is 15.7. The predicted molar refractivity (Wildman–Crippen MR) is 109 cm³/mol. The van der Waals surface area contributed by atoms with Gasteiger partial charge in [0.15, 0.2) is 0 Å². The second kappa shape index (κ2) is 8.78. The number of amides is 1. The summed E-state index contributed by atoms with van der Waals surface area (Å²) in [5.74, 6) is 3.40. The molecule has 4 heterocycles. The Bertz CT molecular complexity index is 727. The second-order valence-corrected chi connectivity index (χ2v) is 8.44. The molecule has 1 amide bonds. The molecule has 2 fully saturated rings. The molecular formula is C20H27N5OS. The van der Waals surface area contributed by atoms with Gasteiger partial charge in [0.05, 0.1) is 5.56 Å². The van der Waals surface area contributed by atoms with Gasteiger partial charge in [0.25, 0.3) is 5.91 Å². The Morgan fingerprint density at radius 3 is 2.81 bits per heavy atom. The van der Waals surface area contributed by atoms with Gasteiger partial charge in [-0.1, -0.05) is 0 Å². The first-order valence-corrected chi connectivity index (χ1v) is 11.0. The Morgan fingerprint density at radius 1 is 1.19 bits per heavy atom. The number of carbonyl (C=O) groups is 1. The Labute approximate surface area is 164 Å². The van der Waals surface area contributed by atoms with Crippen LogP contribution in [-0.2, 0) is 6.54 Å². The molecule has 2 aliphatic rings. The van der Waals surface area contributed by atoms with Crippen LogP contribution in [0, 0.1) is 0 Å². The molecule has 0 radical (unpaired) electrons. The highest BCUT2D eigenvalue weighted by atomic mass is 32.2. The van der Waals surface area contributed by atoms with Crippen LogP contribution in [0.1, 0.15) is 36.0 Å². The van der Waals surface area contributed by atoms with Gasteiger partial charge in [-0.2, -0.15) is 16.9 Å². The molecule has 0 aromatic carbocycles. The second-order valence-electron chi connectivity index (χ2n) is 7.21. The van der Waals surface area contributed by atoms with E-state index in [1.807, 2.05) is 40.8 Å². The Hall–Kier alpha value is -2.02. The number of rotatable bonds is 5. The molecule has 144 valence electrons. The van der Waals surface area contributed by atoms with Crippen LogP contribution >= 0.6 is 11.8 Å². The minimum atomic E-state index is 0.119. The van der Waals surface area contributed by atoms with Gasteiger partial charge >= 0.3 is 0 Å². The zero-order chi connectivity index (χ0) is 18.5. The Morgan fingerprint density at radius 2 is 2.07 bits per heavy atom. The molecule has 0 bridgehead atoms. The van der Waals surface area contributed by atoms with Crippen molar-refractivity contribution in [2.75, 3.05) is 36.0 Å². The van der Waals surface area contributed by atoms with Crippen molar-refractivity contribution in [1.82, 2.24) is 19.7 Å². The summed E-state index contributed by atoms with van der Waals surface area (Å²) in [4.78, 5) is 22.1. The van der Waals surface area contributed by atoms with Crippen molar-refractivity contribution in [1.29, 1.82) is 0 Å². The highest BCUT2D eigenvalue weighted by Crippen LogP contribution is 2.23. The lowest BCUT2D eigenvalue weighted by Crippen LogP contribution is -2.44. The third-order valence-corrected chi connectivity index (χ3v) is 6.41. The van der Waals surface area contributed by atoms with Crippen molar-refractivity contribution in [2.24, 2.45) is 0 Å². The molecule has 0 unspecified atom stereocenters. The zero-order valence-corrected chi connectivity index (χ0v) is 16.5. The van der Waals surface area contributed by atoms with E-state index in [1.54, 1.807) is 12.4 Å². The van der Waals surface area contributed by atoms with Gasteiger partial charge < -0.3 is 9.80 Å². The van der Waals surface area contributed by atoms with Crippen LogP contribution in [0.15, 0.2) is 36.8 Å². The molecule has 6 nitrogen and oxygen atoms in total. The molecule has 0 spiro atoms. The molecule has 0 N–H and O–H groups in total. The fourth-order valence-electron chi connectivity index (χ4n) is 3.94. The molecule has 4 rings (SSSR count).